The molecule has 0 nitrogen and oxygen atoms in total. The molecule has 0 bridgehead atoms. The van der Waals surface area contributed by atoms with Crippen LogP contribution in [0.2, 0.25) is 0 Å². The molecule has 0 aliphatic heterocycles. The smallest absolute Gasteiger partial charge is 0.0353 e. The van der Waals surface area contributed by atoms with E-state index in [9.17, 15) is 0 Å². The number of rotatable bonds is 2. The Hall–Kier alpha value is -1.25. The van der Waals surface area contributed by atoms with E-state index in [1.165, 1.54) is 19.9 Å². The van der Waals surface area contributed by atoms with Crippen LogP contribution in [-0.2, 0) is 0 Å². The zero-order valence-electron chi connectivity index (χ0n) is 8.59. The molecule has 0 fully saturated rings. The van der Waals surface area contributed by atoms with Gasteiger partial charge in [0.05, 0.1) is 0 Å². The molecule has 0 spiro atoms. The molecule has 0 N–H and O–H groups in total. The summed E-state index contributed by atoms with van der Waals surface area (Å²) in [6.45, 7) is 0. The molecule has 2 heteroatoms. The maximum atomic E-state index is 2.26. The van der Waals surface area contributed by atoms with Gasteiger partial charge in [0.2, 0.25) is 0 Å². The first-order valence-corrected chi connectivity index (χ1v) is 6.81. The van der Waals surface area contributed by atoms with Gasteiger partial charge in [-0.15, -0.1) is 11.3 Å². The van der Waals surface area contributed by atoms with Gasteiger partial charge in [0.25, 0.3) is 0 Å². The average Bonchev–Trinajstić information content (AvgIpc) is 2.77. The molecular formula is C14H10S2. The number of fused-ring (bicyclic) bond motifs is 1. The van der Waals surface area contributed by atoms with Crippen molar-refractivity contribution < 1.29 is 0 Å². The maximum Gasteiger partial charge on any atom is 0.0353 e. The SMILES string of the molecule is c1ccc(Sc2ccc3ccsc3c2)cc1. The van der Waals surface area contributed by atoms with Gasteiger partial charge in [0.15, 0.2) is 0 Å². The third-order valence-corrected chi connectivity index (χ3v) is 4.28. The highest BCUT2D eigenvalue weighted by Gasteiger charge is 1.99. The van der Waals surface area contributed by atoms with Crippen LogP contribution in [0.4, 0.5) is 0 Å². The summed E-state index contributed by atoms with van der Waals surface area (Å²) in [5.41, 5.74) is 0. The summed E-state index contributed by atoms with van der Waals surface area (Å²) < 4.78 is 1.36. The second-order valence-electron chi connectivity index (χ2n) is 3.54. The maximum absolute atomic E-state index is 2.26. The van der Waals surface area contributed by atoms with Crippen molar-refractivity contribution in [2.75, 3.05) is 0 Å². The van der Waals surface area contributed by atoms with E-state index in [0.29, 0.717) is 0 Å². The largest absolute Gasteiger partial charge is 0.144 e. The van der Waals surface area contributed by atoms with Crippen molar-refractivity contribution in [1.29, 1.82) is 0 Å². The highest BCUT2D eigenvalue weighted by Crippen LogP contribution is 2.31. The van der Waals surface area contributed by atoms with Gasteiger partial charge in [-0.2, -0.15) is 0 Å². The second-order valence-corrected chi connectivity index (χ2v) is 5.63. The summed E-state index contributed by atoms with van der Waals surface area (Å²) in [5.74, 6) is 0. The van der Waals surface area contributed by atoms with Crippen molar-refractivity contribution in [1.82, 2.24) is 0 Å². The monoisotopic (exact) mass is 242 g/mol. The Morgan fingerprint density at radius 1 is 0.812 bits per heavy atom. The van der Waals surface area contributed by atoms with Crippen molar-refractivity contribution in [2.24, 2.45) is 0 Å². The van der Waals surface area contributed by atoms with Crippen LogP contribution >= 0.6 is 23.1 Å². The number of hydrogen-bond donors (Lipinski definition) is 0. The van der Waals surface area contributed by atoms with Crippen LogP contribution in [0.5, 0.6) is 0 Å². The van der Waals surface area contributed by atoms with Crippen LogP contribution in [0.3, 0.4) is 0 Å². The highest BCUT2D eigenvalue weighted by atomic mass is 32.2. The Morgan fingerprint density at radius 2 is 1.69 bits per heavy atom. The highest BCUT2D eigenvalue weighted by molar-refractivity contribution is 7.99. The summed E-state index contributed by atoms with van der Waals surface area (Å²) >= 11 is 3.61. The summed E-state index contributed by atoms with van der Waals surface area (Å²) in [5, 5.41) is 3.48. The van der Waals surface area contributed by atoms with Gasteiger partial charge in [-0.3, -0.25) is 0 Å². The quantitative estimate of drug-likeness (QED) is 0.605. The Balaban J connectivity index is 1.94. The van der Waals surface area contributed by atoms with E-state index in [-0.39, 0.29) is 0 Å². The van der Waals surface area contributed by atoms with E-state index in [1.807, 2.05) is 17.8 Å². The Bertz CT molecular complexity index is 596. The van der Waals surface area contributed by atoms with Crippen LogP contribution < -0.4 is 0 Å². The molecule has 1 heterocycles. The van der Waals surface area contributed by atoms with E-state index in [2.05, 4.69) is 53.9 Å². The molecule has 0 aliphatic carbocycles. The minimum Gasteiger partial charge on any atom is -0.144 e. The standard InChI is InChI=1S/C14H10S2/c1-2-4-12(5-3-1)16-13-7-6-11-8-9-15-14(11)10-13/h1-10H. The van der Waals surface area contributed by atoms with Crippen molar-refractivity contribution >= 4 is 33.2 Å². The van der Waals surface area contributed by atoms with Gasteiger partial charge in [-0.05, 0) is 41.1 Å². The second kappa shape index (κ2) is 4.32. The molecular weight excluding hydrogens is 232 g/mol. The van der Waals surface area contributed by atoms with E-state index in [1.54, 1.807) is 11.3 Å². The molecule has 0 saturated carbocycles. The fraction of sp³-hybridized carbons (Fsp3) is 0. The molecule has 3 aromatic rings. The minimum absolute atomic E-state index is 1.29. The number of thiophene rings is 1. The van der Waals surface area contributed by atoms with Crippen LogP contribution in [0, 0.1) is 0 Å². The van der Waals surface area contributed by atoms with Gasteiger partial charge < -0.3 is 0 Å². The van der Waals surface area contributed by atoms with Crippen molar-refractivity contribution in [3.05, 3.63) is 60.0 Å². The summed E-state index contributed by atoms with van der Waals surface area (Å²) in [7, 11) is 0. The van der Waals surface area contributed by atoms with E-state index >= 15 is 0 Å². The van der Waals surface area contributed by atoms with Gasteiger partial charge in [0, 0.05) is 14.5 Å². The lowest BCUT2D eigenvalue weighted by molar-refractivity contribution is 1.43. The topological polar surface area (TPSA) is 0 Å². The van der Waals surface area contributed by atoms with Crippen LogP contribution in [0.15, 0.2) is 69.8 Å². The van der Waals surface area contributed by atoms with Crippen molar-refractivity contribution in [3.63, 3.8) is 0 Å². The van der Waals surface area contributed by atoms with Crippen LogP contribution in [0.25, 0.3) is 10.1 Å². The van der Waals surface area contributed by atoms with Gasteiger partial charge in [-0.1, -0.05) is 36.0 Å². The van der Waals surface area contributed by atoms with E-state index < -0.39 is 0 Å². The lowest BCUT2D eigenvalue weighted by atomic mass is 10.3. The third-order valence-electron chi connectivity index (χ3n) is 2.41. The molecule has 3 rings (SSSR count). The van der Waals surface area contributed by atoms with Gasteiger partial charge in [-0.25, -0.2) is 0 Å². The zero-order valence-corrected chi connectivity index (χ0v) is 10.2. The van der Waals surface area contributed by atoms with Crippen LogP contribution in [-0.4, -0.2) is 0 Å². The van der Waals surface area contributed by atoms with E-state index in [0.717, 1.165) is 0 Å². The first-order chi connectivity index (χ1) is 7.92. The lowest BCUT2D eigenvalue weighted by Gasteiger charge is -2.01. The van der Waals surface area contributed by atoms with Crippen LogP contribution in [0.1, 0.15) is 0 Å². The van der Waals surface area contributed by atoms with Crippen molar-refractivity contribution in [3.8, 4) is 0 Å². The van der Waals surface area contributed by atoms with Crippen molar-refractivity contribution in [2.45, 2.75) is 9.79 Å². The third kappa shape index (κ3) is 1.99. The Labute approximate surface area is 103 Å². The number of benzene rings is 2. The molecule has 0 saturated heterocycles. The Kier molecular flexibility index (Phi) is 2.68. The molecule has 78 valence electrons. The molecule has 0 atom stereocenters. The lowest BCUT2D eigenvalue weighted by Crippen LogP contribution is -1.72. The summed E-state index contributed by atoms with van der Waals surface area (Å²) in [4.78, 5) is 2.60. The number of hydrogen-bond acceptors (Lipinski definition) is 2. The minimum atomic E-state index is 1.29. The normalized spacial score (nSPS) is 10.8. The first-order valence-electron chi connectivity index (χ1n) is 5.12. The fourth-order valence-corrected chi connectivity index (χ4v) is 3.40. The summed E-state index contributed by atoms with van der Waals surface area (Å²) in [6, 6.07) is 19.3. The summed E-state index contributed by atoms with van der Waals surface area (Å²) in [6.07, 6.45) is 0. The van der Waals surface area contributed by atoms with Gasteiger partial charge >= 0.3 is 0 Å². The molecule has 1 aromatic heterocycles. The predicted molar refractivity (Wildman–Crippen MR) is 72.4 cm³/mol. The fourth-order valence-electron chi connectivity index (χ4n) is 1.62. The molecule has 0 radical (unpaired) electrons. The molecule has 0 unspecified atom stereocenters. The van der Waals surface area contributed by atoms with Gasteiger partial charge in [0.1, 0.15) is 0 Å². The average molecular weight is 242 g/mol. The molecule has 0 amide bonds. The Morgan fingerprint density at radius 3 is 2.56 bits per heavy atom. The predicted octanol–water partition coefficient (Wildman–Crippen LogP) is 5.05. The first kappa shape index (κ1) is 9.94. The molecule has 16 heavy (non-hydrogen) atoms. The zero-order chi connectivity index (χ0) is 10.8. The molecule has 2 aromatic carbocycles. The van der Waals surface area contributed by atoms with E-state index in [4.69, 9.17) is 0 Å². The molecule has 0 aliphatic rings.